The van der Waals surface area contributed by atoms with Gasteiger partial charge in [-0.2, -0.15) is 0 Å². The molecule has 7 aromatic carbocycles. The molecule has 0 N–H and O–H groups in total. The molecule has 3 aliphatic heterocycles. The average molecular weight is 678 g/mol. The number of hydrogen-bond donors (Lipinski definition) is 0. The summed E-state index contributed by atoms with van der Waals surface area (Å²) >= 11 is -3.50. The molecule has 0 spiro atoms. The van der Waals surface area contributed by atoms with E-state index in [0.29, 0.717) is 0 Å². The predicted molar refractivity (Wildman–Crippen MR) is 199 cm³/mol. The Bertz CT molecular complexity index is 2280. The number of benzene rings is 7. The molecule has 0 fully saturated rings. The molecule has 7 aromatic rings. The van der Waals surface area contributed by atoms with Crippen molar-refractivity contribution in [2.24, 2.45) is 0 Å². The molecule has 0 amide bonds. The molecule has 0 unspecified atom stereocenters. The van der Waals surface area contributed by atoms with Crippen LogP contribution in [0.25, 0.3) is 33.4 Å². The Morgan fingerprint density at radius 3 is 1.40 bits per heavy atom. The van der Waals surface area contributed by atoms with Crippen LogP contribution in [-0.4, -0.2) is 13.3 Å². The van der Waals surface area contributed by atoms with E-state index < -0.39 is 13.3 Å². The van der Waals surface area contributed by atoms with Crippen LogP contribution in [0.3, 0.4) is 0 Å². The molecular formula is C44H31GeNO2. The van der Waals surface area contributed by atoms with Crippen LogP contribution in [0.1, 0.15) is 5.56 Å². The maximum absolute atomic E-state index is 7.22. The second-order valence-electron chi connectivity index (χ2n) is 13.1. The van der Waals surface area contributed by atoms with Gasteiger partial charge in [0.15, 0.2) is 0 Å². The molecule has 0 radical (unpaired) electrons. The molecule has 0 aromatic heterocycles. The zero-order valence-electron chi connectivity index (χ0n) is 26.7. The standard InChI is InChI=1S/C44H31GeNO2/c1-28-18-20-33(21-19-28)46-36-24-22-34(30-14-8-4-9-15-30)43-40(36)45(2)41-37(46)25-23-35(31-16-10-5-11-17-31)44(41)48-39-27-32(26-38(47-43)42(39)45)29-12-6-3-7-13-29/h3-27H,1-2H3. The molecule has 0 bridgehead atoms. The zero-order chi connectivity index (χ0) is 32.0. The molecule has 3 heterocycles. The summed E-state index contributed by atoms with van der Waals surface area (Å²) in [6, 6.07) is 54.4. The number of rotatable bonds is 4. The maximum atomic E-state index is 7.22. The predicted octanol–water partition coefficient (Wildman–Crippen LogP) is 10.1. The van der Waals surface area contributed by atoms with Crippen molar-refractivity contribution in [2.45, 2.75) is 12.7 Å². The van der Waals surface area contributed by atoms with Crippen LogP contribution in [0, 0.1) is 6.92 Å². The Kier molecular flexibility index (Phi) is 5.88. The van der Waals surface area contributed by atoms with Crippen molar-refractivity contribution in [3.8, 4) is 56.4 Å². The second-order valence-corrected chi connectivity index (χ2v) is 21.0. The van der Waals surface area contributed by atoms with E-state index in [0.717, 1.165) is 62.1 Å². The van der Waals surface area contributed by atoms with E-state index in [1.54, 1.807) is 0 Å². The van der Waals surface area contributed by atoms with Crippen LogP contribution in [0.5, 0.6) is 23.0 Å². The van der Waals surface area contributed by atoms with Crippen LogP contribution in [0.2, 0.25) is 5.76 Å². The molecule has 3 nitrogen and oxygen atoms in total. The van der Waals surface area contributed by atoms with Gasteiger partial charge in [-0.3, -0.25) is 0 Å². The van der Waals surface area contributed by atoms with Crippen LogP contribution in [0.15, 0.2) is 152 Å². The number of hydrogen-bond acceptors (Lipinski definition) is 3. The van der Waals surface area contributed by atoms with Crippen LogP contribution in [-0.2, 0) is 0 Å². The van der Waals surface area contributed by atoms with Gasteiger partial charge >= 0.3 is 284 Å². The third-order valence-electron chi connectivity index (χ3n) is 10.3. The molecule has 48 heavy (non-hydrogen) atoms. The summed E-state index contributed by atoms with van der Waals surface area (Å²) in [7, 11) is 0. The van der Waals surface area contributed by atoms with E-state index in [4.69, 9.17) is 9.47 Å². The Balaban J connectivity index is 1.35. The van der Waals surface area contributed by atoms with E-state index >= 15 is 0 Å². The van der Waals surface area contributed by atoms with Gasteiger partial charge in [0.05, 0.1) is 0 Å². The first-order valence-electron chi connectivity index (χ1n) is 16.5. The zero-order valence-corrected chi connectivity index (χ0v) is 28.8. The fourth-order valence-corrected chi connectivity index (χ4v) is 17.9. The van der Waals surface area contributed by atoms with Gasteiger partial charge in [0.2, 0.25) is 0 Å². The normalized spacial score (nSPS) is 14.1. The van der Waals surface area contributed by atoms with Gasteiger partial charge in [-0.1, -0.05) is 0 Å². The number of anilines is 3. The monoisotopic (exact) mass is 679 g/mol. The Morgan fingerprint density at radius 2 is 0.917 bits per heavy atom. The number of aryl methyl sites for hydroxylation is 1. The SMILES string of the molecule is Cc1ccc(N2c3ccc(-c4ccccc4)c4[c]3[Ge]3([CH3])[c]5c(cc(-c6ccccc6)cc5Oc5c(-c6ccccc6)ccc2[c]53)O4)cc1. The summed E-state index contributed by atoms with van der Waals surface area (Å²) in [6.45, 7) is 2.14. The van der Waals surface area contributed by atoms with Gasteiger partial charge in [-0.25, -0.2) is 0 Å². The van der Waals surface area contributed by atoms with Gasteiger partial charge in [-0.05, 0) is 0 Å². The van der Waals surface area contributed by atoms with E-state index in [1.807, 2.05) is 0 Å². The van der Waals surface area contributed by atoms with Crippen molar-refractivity contribution < 1.29 is 9.47 Å². The topological polar surface area (TPSA) is 21.7 Å². The summed E-state index contributed by atoms with van der Waals surface area (Å²) in [5, 5.41) is 0. The van der Waals surface area contributed by atoms with E-state index in [2.05, 4.69) is 169 Å². The summed E-state index contributed by atoms with van der Waals surface area (Å²) < 4.78 is 18.4. The van der Waals surface area contributed by atoms with Crippen LogP contribution in [0.4, 0.5) is 17.1 Å². The fourth-order valence-electron chi connectivity index (χ4n) is 8.12. The first-order valence-corrected chi connectivity index (χ1v) is 21.8. The fraction of sp³-hybridized carbons (Fsp3) is 0.0455. The van der Waals surface area contributed by atoms with E-state index in [-0.39, 0.29) is 0 Å². The quantitative estimate of drug-likeness (QED) is 0.173. The first-order chi connectivity index (χ1) is 23.6. The molecule has 0 atom stereocenters. The van der Waals surface area contributed by atoms with Crippen molar-refractivity contribution in [1.82, 2.24) is 0 Å². The second kappa shape index (κ2) is 10.2. The van der Waals surface area contributed by atoms with Crippen molar-refractivity contribution in [3.05, 3.63) is 157 Å². The van der Waals surface area contributed by atoms with Crippen molar-refractivity contribution in [3.63, 3.8) is 0 Å². The third-order valence-corrected chi connectivity index (χ3v) is 19.7. The van der Waals surface area contributed by atoms with Crippen LogP contribution >= 0.6 is 0 Å². The minimum absolute atomic E-state index is 0.918. The molecule has 4 heteroatoms. The molecule has 10 rings (SSSR count). The summed E-state index contributed by atoms with van der Waals surface area (Å²) in [5.41, 5.74) is 11.6. The number of nitrogens with zero attached hydrogens (tertiary/aromatic N) is 1. The molecule has 0 saturated heterocycles. The van der Waals surface area contributed by atoms with E-state index in [1.165, 1.54) is 30.1 Å². The molecule has 0 saturated carbocycles. The summed E-state index contributed by atoms with van der Waals surface area (Å²) in [6.07, 6.45) is 0. The van der Waals surface area contributed by atoms with Crippen molar-refractivity contribution >= 4 is 43.5 Å². The first kappa shape index (κ1) is 27.6. The molecular weight excluding hydrogens is 647 g/mol. The van der Waals surface area contributed by atoms with Gasteiger partial charge in [0.1, 0.15) is 0 Å². The third kappa shape index (κ3) is 3.82. The molecule has 0 aliphatic carbocycles. The van der Waals surface area contributed by atoms with E-state index in [9.17, 15) is 0 Å². The molecule has 228 valence electrons. The summed E-state index contributed by atoms with van der Waals surface area (Å²) in [5.74, 6) is 6.36. The Morgan fingerprint density at radius 1 is 0.458 bits per heavy atom. The van der Waals surface area contributed by atoms with Gasteiger partial charge in [-0.15, -0.1) is 0 Å². The average Bonchev–Trinajstić information content (AvgIpc) is 3.13. The molecule has 3 aliphatic rings. The minimum atomic E-state index is -3.50. The Labute approximate surface area is 283 Å². The van der Waals surface area contributed by atoms with Crippen molar-refractivity contribution in [1.29, 1.82) is 0 Å². The van der Waals surface area contributed by atoms with Crippen molar-refractivity contribution in [2.75, 3.05) is 4.90 Å². The Hall–Kier alpha value is -5.52. The van der Waals surface area contributed by atoms with Crippen LogP contribution < -0.4 is 27.6 Å². The number of ether oxygens (including phenoxy) is 2. The van der Waals surface area contributed by atoms with Gasteiger partial charge in [0, 0.05) is 0 Å². The summed E-state index contributed by atoms with van der Waals surface area (Å²) in [4.78, 5) is 2.44. The van der Waals surface area contributed by atoms with Gasteiger partial charge in [0.25, 0.3) is 0 Å². The van der Waals surface area contributed by atoms with Gasteiger partial charge < -0.3 is 0 Å².